The molecule has 1 heterocycles. The quantitative estimate of drug-likeness (QED) is 0.255. The third-order valence-electron chi connectivity index (χ3n) is 7.32. The van der Waals surface area contributed by atoms with Crippen LogP contribution in [-0.4, -0.2) is 9.97 Å². The maximum absolute atomic E-state index is 5.24. The highest BCUT2D eigenvalue weighted by molar-refractivity contribution is 5.87. The molecule has 37 heavy (non-hydrogen) atoms. The van der Waals surface area contributed by atoms with Crippen molar-refractivity contribution >= 4 is 5.57 Å². The molecule has 2 heteroatoms. The lowest BCUT2D eigenvalue weighted by Gasteiger charge is -2.16. The molecule has 2 aliphatic rings. The van der Waals surface area contributed by atoms with E-state index in [0.717, 1.165) is 47.6 Å². The summed E-state index contributed by atoms with van der Waals surface area (Å²) in [7, 11) is 0. The van der Waals surface area contributed by atoms with Crippen molar-refractivity contribution < 1.29 is 0 Å². The fourth-order valence-electron chi connectivity index (χ4n) is 5.48. The second-order valence-corrected chi connectivity index (χ2v) is 9.73. The van der Waals surface area contributed by atoms with Crippen molar-refractivity contribution in [2.45, 2.75) is 19.3 Å². The summed E-state index contributed by atoms with van der Waals surface area (Å²) in [6.07, 6.45) is 9.91. The maximum atomic E-state index is 5.24. The van der Waals surface area contributed by atoms with Gasteiger partial charge in [0.25, 0.3) is 0 Å². The summed E-state index contributed by atoms with van der Waals surface area (Å²) >= 11 is 0. The number of benzene rings is 4. The molecule has 0 bridgehead atoms. The highest BCUT2D eigenvalue weighted by Gasteiger charge is 2.26. The van der Waals surface area contributed by atoms with Gasteiger partial charge in [0.1, 0.15) is 0 Å². The zero-order chi connectivity index (χ0) is 24.6. The Balaban J connectivity index is 1.49. The highest BCUT2D eigenvalue weighted by atomic mass is 14.9. The van der Waals surface area contributed by atoms with Gasteiger partial charge in [0.05, 0.1) is 11.4 Å². The second kappa shape index (κ2) is 9.15. The lowest BCUT2D eigenvalue weighted by atomic mass is 9.91. The summed E-state index contributed by atoms with van der Waals surface area (Å²) in [4.78, 5) is 10.4. The first-order valence-electron chi connectivity index (χ1n) is 13.0. The molecule has 0 aliphatic heterocycles. The normalized spacial score (nSPS) is 13.7. The lowest BCUT2D eigenvalue weighted by molar-refractivity contribution is 1.04. The smallest absolute Gasteiger partial charge is 0.160 e. The van der Waals surface area contributed by atoms with Crippen molar-refractivity contribution in [2.24, 2.45) is 0 Å². The standard InChI is InChI=1S/C35H26N2/c1-4-12-24(13-5-1)28-20-29(25-14-6-2-7-15-25)22-30(21-28)33-32-23-27-18-10-11-19-31(27)34(32)37-35(36-33)26-16-8-3-9-17-26/h1,3-6,8-22H,2,7,23H2. The zero-order valence-corrected chi connectivity index (χ0v) is 20.6. The van der Waals surface area contributed by atoms with Gasteiger partial charge in [-0.1, -0.05) is 103 Å². The van der Waals surface area contributed by atoms with Crippen molar-refractivity contribution in [2.75, 3.05) is 0 Å². The van der Waals surface area contributed by atoms with E-state index >= 15 is 0 Å². The van der Waals surface area contributed by atoms with Gasteiger partial charge < -0.3 is 0 Å². The fourth-order valence-corrected chi connectivity index (χ4v) is 5.48. The summed E-state index contributed by atoms with van der Waals surface area (Å²) in [5.74, 6) is 0.773. The summed E-state index contributed by atoms with van der Waals surface area (Å²) in [6.45, 7) is 0. The highest BCUT2D eigenvalue weighted by Crippen LogP contribution is 2.42. The molecule has 5 aromatic rings. The predicted molar refractivity (Wildman–Crippen MR) is 153 cm³/mol. The topological polar surface area (TPSA) is 25.8 Å². The first-order chi connectivity index (χ1) is 18.3. The first kappa shape index (κ1) is 21.7. The van der Waals surface area contributed by atoms with Crippen LogP contribution >= 0.6 is 0 Å². The maximum Gasteiger partial charge on any atom is 0.160 e. The fraction of sp³-hybridized carbons (Fsp3) is 0.0857. The predicted octanol–water partition coefficient (Wildman–Crippen LogP) is 8.78. The van der Waals surface area contributed by atoms with E-state index in [9.17, 15) is 0 Å². The monoisotopic (exact) mass is 474 g/mol. The largest absolute Gasteiger partial charge is 0.228 e. The van der Waals surface area contributed by atoms with Crippen molar-refractivity contribution in [1.82, 2.24) is 9.97 Å². The molecule has 0 saturated heterocycles. The molecule has 7 rings (SSSR count). The number of hydrogen-bond acceptors (Lipinski definition) is 2. The van der Waals surface area contributed by atoms with Crippen LogP contribution in [0.3, 0.4) is 0 Å². The number of rotatable bonds is 4. The molecule has 0 radical (unpaired) electrons. The van der Waals surface area contributed by atoms with Crippen LogP contribution in [0.15, 0.2) is 121 Å². The van der Waals surface area contributed by atoms with E-state index in [-0.39, 0.29) is 0 Å². The Morgan fingerprint density at radius 3 is 2.00 bits per heavy atom. The van der Waals surface area contributed by atoms with Gasteiger partial charge in [-0.25, -0.2) is 9.97 Å². The number of nitrogens with zero attached hydrogens (tertiary/aromatic N) is 2. The Kier molecular flexibility index (Phi) is 5.36. The molecule has 0 unspecified atom stereocenters. The molecule has 0 amide bonds. The summed E-state index contributed by atoms with van der Waals surface area (Å²) in [6, 6.07) is 36.5. The van der Waals surface area contributed by atoms with E-state index in [1.54, 1.807) is 0 Å². The van der Waals surface area contributed by atoms with Crippen LogP contribution in [0.5, 0.6) is 0 Å². The molecule has 2 aliphatic carbocycles. The Morgan fingerprint density at radius 1 is 0.541 bits per heavy atom. The molecule has 0 spiro atoms. The molecule has 0 fully saturated rings. The van der Waals surface area contributed by atoms with Crippen molar-refractivity contribution in [3.8, 4) is 45.0 Å². The van der Waals surface area contributed by atoms with Crippen LogP contribution in [-0.2, 0) is 6.42 Å². The van der Waals surface area contributed by atoms with Gasteiger partial charge >= 0.3 is 0 Å². The molecule has 0 atom stereocenters. The zero-order valence-electron chi connectivity index (χ0n) is 20.6. The molecule has 1 aromatic heterocycles. The number of allylic oxidation sites excluding steroid dienone is 4. The summed E-state index contributed by atoms with van der Waals surface area (Å²) < 4.78 is 0. The van der Waals surface area contributed by atoms with E-state index in [1.807, 2.05) is 6.07 Å². The van der Waals surface area contributed by atoms with E-state index in [2.05, 4.69) is 115 Å². The van der Waals surface area contributed by atoms with Crippen LogP contribution in [0.1, 0.15) is 29.5 Å². The van der Waals surface area contributed by atoms with Crippen LogP contribution in [0.4, 0.5) is 0 Å². The molecule has 4 aromatic carbocycles. The average Bonchev–Trinajstić information content (AvgIpc) is 3.36. The molecule has 2 nitrogen and oxygen atoms in total. The van der Waals surface area contributed by atoms with Crippen LogP contribution in [0.2, 0.25) is 0 Å². The van der Waals surface area contributed by atoms with Crippen LogP contribution in [0, 0.1) is 0 Å². The van der Waals surface area contributed by atoms with Crippen LogP contribution in [0.25, 0.3) is 50.6 Å². The van der Waals surface area contributed by atoms with E-state index in [0.29, 0.717) is 0 Å². The Labute approximate surface area is 217 Å². The third-order valence-corrected chi connectivity index (χ3v) is 7.32. The van der Waals surface area contributed by atoms with Gasteiger partial charge in [-0.05, 0) is 58.9 Å². The van der Waals surface area contributed by atoms with Crippen molar-refractivity contribution in [3.05, 3.63) is 138 Å². The van der Waals surface area contributed by atoms with Crippen molar-refractivity contribution in [3.63, 3.8) is 0 Å². The Morgan fingerprint density at radius 2 is 1.22 bits per heavy atom. The van der Waals surface area contributed by atoms with E-state index in [1.165, 1.54) is 39.0 Å². The first-order valence-corrected chi connectivity index (χ1v) is 13.0. The molecular weight excluding hydrogens is 448 g/mol. The Bertz CT molecular complexity index is 1680. The second-order valence-electron chi connectivity index (χ2n) is 9.73. The summed E-state index contributed by atoms with van der Waals surface area (Å²) in [5, 5.41) is 0. The SMILES string of the molecule is C1=CC(c2cc(-c3ccccc3)cc(-c3nc(-c4ccccc4)nc4c3Cc3ccccc3-4)c2)=CCC1. The number of fused-ring (bicyclic) bond motifs is 3. The minimum absolute atomic E-state index is 0.773. The van der Waals surface area contributed by atoms with Crippen molar-refractivity contribution in [1.29, 1.82) is 0 Å². The van der Waals surface area contributed by atoms with Gasteiger partial charge in [-0.15, -0.1) is 0 Å². The third kappa shape index (κ3) is 4.01. The lowest BCUT2D eigenvalue weighted by Crippen LogP contribution is -2.00. The van der Waals surface area contributed by atoms with Gasteiger partial charge in [0.2, 0.25) is 0 Å². The van der Waals surface area contributed by atoms with Crippen LogP contribution < -0.4 is 0 Å². The summed E-state index contributed by atoms with van der Waals surface area (Å²) in [5.41, 5.74) is 12.9. The number of hydrogen-bond donors (Lipinski definition) is 0. The molecule has 0 N–H and O–H groups in total. The average molecular weight is 475 g/mol. The molecule has 176 valence electrons. The molecular formula is C35H26N2. The van der Waals surface area contributed by atoms with Gasteiger partial charge in [0.15, 0.2) is 5.82 Å². The van der Waals surface area contributed by atoms with Gasteiger partial charge in [-0.2, -0.15) is 0 Å². The minimum atomic E-state index is 0.773. The van der Waals surface area contributed by atoms with Gasteiger partial charge in [-0.3, -0.25) is 0 Å². The van der Waals surface area contributed by atoms with Gasteiger partial charge in [0, 0.05) is 28.7 Å². The van der Waals surface area contributed by atoms with E-state index < -0.39 is 0 Å². The number of aromatic nitrogens is 2. The molecule has 0 saturated carbocycles. The Hall–Kier alpha value is -4.56. The van der Waals surface area contributed by atoms with E-state index in [4.69, 9.17) is 9.97 Å². The minimum Gasteiger partial charge on any atom is -0.228 e.